The van der Waals surface area contributed by atoms with Crippen molar-refractivity contribution in [3.05, 3.63) is 94.0 Å². The highest BCUT2D eigenvalue weighted by molar-refractivity contribution is 7.99. The molecule has 0 aromatic heterocycles. The lowest BCUT2D eigenvalue weighted by atomic mass is 10.1. The predicted molar refractivity (Wildman–Crippen MR) is 130 cm³/mol. The van der Waals surface area contributed by atoms with Gasteiger partial charge in [-0.2, -0.15) is 0 Å². The van der Waals surface area contributed by atoms with E-state index in [4.69, 9.17) is 0 Å². The van der Waals surface area contributed by atoms with E-state index in [0.29, 0.717) is 0 Å². The van der Waals surface area contributed by atoms with Gasteiger partial charge >= 0.3 is 0 Å². The maximum absolute atomic E-state index is 2.30. The third-order valence-corrected chi connectivity index (χ3v) is 6.23. The second kappa shape index (κ2) is 9.86. The first kappa shape index (κ1) is 20.6. The molecule has 0 atom stereocenters. The van der Waals surface area contributed by atoms with Gasteiger partial charge in [-0.25, -0.2) is 0 Å². The Labute approximate surface area is 177 Å². The molecule has 0 aliphatic heterocycles. The molecule has 0 heterocycles. The summed E-state index contributed by atoms with van der Waals surface area (Å²) in [5, 5.41) is 0. The van der Waals surface area contributed by atoms with E-state index < -0.39 is 0 Å². The van der Waals surface area contributed by atoms with Crippen molar-refractivity contribution in [2.45, 2.75) is 23.6 Å². The molecule has 28 heavy (non-hydrogen) atoms. The zero-order chi connectivity index (χ0) is 19.9. The predicted octanol–water partition coefficient (Wildman–Crippen LogP) is 8.09. The molecule has 0 saturated carbocycles. The van der Waals surface area contributed by atoms with Crippen molar-refractivity contribution in [3.63, 3.8) is 0 Å². The number of aryl methyl sites for hydroxylation is 2. The molecule has 3 aromatic rings. The fourth-order valence-electron chi connectivity index (χ4n) is 2.93. The lowest BCUT2D eigenvalue weighted by Gasteiger charge is -2.10. The summed E-state index contributed by atoms with van der Waals surface area (Å²) in [6.45, 7) is 4.24. The van der Waals surface area contributed by atoms with Gasteiger partial charge in [0.1, 0.15) is 0 Å². The summed E-state index contributed by atoms with van der Waals surface area (Å²) in [5.41, 5.74) is 7.57. The van der Waals surface area contributed by atoms with Gasteiger partial charge in [0.15, 0.2) is 0 Å². The van der Waals surface area contributed by atoms with Crippen molar-refractivity contribution >= 4 is 47.8 Å². The van der Waals surface area contributed by atoms with Gasteiger partial charge in [-0.05, 0) is 60.7 Å². The zero-order valence-corrected chi connectivity index (χ0v) is 18.5. The zero-order valence-electron chi connectivity index (χ0n) is 16.9. The lowest BCUT2D eigenvalue weighted by Crippen LogP contribution is -1.87. The average molecular weight is 403 g/mol. The second-order valence-electron chi connectivity index (χ2n) is 6.82. The molecule has 3 aromatic carbocycles. The van der Waals surface area contributed by atoms with Crippen LogP contribution in [-0.2, 0) is 0 Å². The monoisotopic (exact) mass is 402 g/mol. The van der Waals surface area contributed by atoms with Gasteiger partial charge < -0.3 is 0 Å². The minimum Gasteiger partial charge on any atom is -0.129 e. The Morgan fingerprint density at radius 2 is 0.893 bits per heavy atom. The van der Waals surface area contributed by atoms with E-state index in [2.05, 4.69) is 111 Å². The van der Waals surface area contributed by atoms with Crippen molar-refractivity contribution in [2.75, 3.05) is 12.5 Å². The molecule has 0 unspecified atom stereocenters. The van der Waals surface area contributed by atoms with E-state index in [1.807, 2.05) is 0 Å². The summed E-state index contributed by atoms with van der Waals surface area (Å²) in [7, 11) is 0. The Morgan fingerprint density at radius 1 is 0.536 bits per heavy atom. The molecular weight excluding hydrogens is 376 g/mol. The second-order valence-corrected chi connectivity index (χ2v) is 8.52. The molecule has 0 radical (unpaired) electrons. The van der Waals surface area contributed by atoms with Gasteiger partial charge in [-0.15, -0.1) is 23.5 Å². The summed E-state index contributed by atoms with van der Waals surface area (Å²) in [6.07, 6.45) is 13.1. The molecule has 0 aliphatic rings. The third kappa shape index (κ3) is 5.43. The van der Waals surface area contributed by atoms with E-state index in [1.54, 1.807) is 23.5 Å². The number of hydrogen-bond donors (Lipinski definition) is 0. The maximum Gasteiger partial charge on any atom is 0.0148 e. The van der Waals surface area contributed by atoms with Crippen molar-refractivity contribution in [2.24, 2.45) is 0 Å². The van der Waals surface area contributed by atoms with Gasteiger partial charge in [-0.1, -0.05) is 84.0 Å². The molecule has 2 heteroatoms. The number of hydrogen-bond acceptors (Lipinski definition) is 2. The van der Waals surface area contributed by atoms with Crippen molar-refractivity contribution < 1.29 is 0 Å². The highest BCUT2D eigenvalue weighted by Gasteiger charge is 2.06. The molecule has 0 saturated heterocycles. The van der Waals surface area contributed by atoms with Crippen LogP contribution in [0.1, 0.15) is 33.4 Å². The average Bonchev–Trinajstić information content (AvgIpc) is 2.72. The normalized spacial score (nSPS) is 11.6. The smallest absolute Gasteiger partial charge is 0.0148 e. The Hall–Kier alpha value is -2.16. The van der Waals surface area contributed by atoms with E-state index in [0.717, 1.165) is 0 Å². The van der Waals surface area contributed by atoms with Crippen LogP contribution in [0, 0.1) is 13.8 Å². The lowest BCUT2D eigenvalue weighted by molar-refractivity contribution is 1.31. The Balaban J connectivity index is 1.90. The Bertz CT molecular complexity index is 895. The third-order valence-electron chi connectivity index (χ3n) is 4.65. The van der Waals surface area contributed by atoms with Gasteiger partial charge in [0.2, 0.25) is 0 Å². The van der Waals surface area contributed by atoms with Crippen LogP contribution in [0.15, 0.2) is 70.5 Å². The molecule has 0 amide bonds. The molecule has 0 spiro atoms. The van der Waals surface area contributed by atoms with Gasteiger partial charge in [-0.3, -0.25) is 0 Å². The van der Waals surface area contributed by atoms with Crippen LogP contribution in [0.5, 0.6) is 0 Å². The molecule has 0 bridgehead atoms. The molecule has 142 valence electrons. The maximum atomic E-state index is 2.30. The van der Waals surface area contributed by atoms with Crippen LogP contribution in [0.25, 0.3) is 24.3 Å². The summed E-state index contributed by atoms with van der Waals surface area (Å²) < 4.78 is 0. The minimum absolute atomic E-state index is 1.23. The van der Waals surface area contributed by atoms with E-state index in [1.165, 1.54) is 43.2 Å². The molecule has 0 nitrogen and oxygen atoms in total. The highest BCUT2D eigenvalue weighted by Crippen LogP contribution is 2.32. The number of rotatable bonds is 6. The molecule has 0 N–H and O–H groups in total. The largest absolute Gasteiger partial charge is 0.129 e. The quantitative estimate of drug-likeness (QED) is 0.302. The molecule has 0 aliphatic carbocycles. The van der Waals surface area contributed by atoms with Crippen molar-refractivity contribution in [1.29, 1.82) is 0 Å². The standard InChI is InChI=1S/C26H26S2/c1-19-5-9-21(10-6-19)13-15-23-17-26(28-4)24(18-25(23)27-3)16-14-22-11-7-20(2)8-12-22/h5-18H,1-4H3/b15-13+,16-14+. The molecule has 3 rings (SSSR count). The van der Waals surface area contributed by atoms with Gasteiger partial charge in [0, 0.05) is 9.79 Å². The summed E-state index contributed by atoms with van der Waals surface area (Å²) in [6, 6.07) is 21.9. The van der Waals surface area contributed by atoms with Crippen LogP contribution >= 0.6 is 23.5 Å². The van der Waals surface area contributed by atoms with E-state index in [9.17, 15) is 0 Å². The topological polar surface area (TPSA) is 0 Å². The van der Waals surface area contributed by atoms with Gasteiger partial charge in [0.05, 0.1) is 0 Å². The van der Waals surface area contributed by atoms with Crippen LogP contribution in [-0.4, -0.2) is 12.5 Å². The Kier molecular flexibility index (Phi) is 7.24. The van der Waals surface area contributed by atoms with Crippen LogP contribution in [0.2, 0.25) is 0 Å². The fraction of sp³-hybridized carbons (Fsp3) is 0.154. The van der Waals surface area contributed by atoms with Crippen LogP contribution in [0.3, 0.4) is 0 Å². The first-order chi connectivity index (χ1) is 13.6. The van der Waals surface area contributed by atoms with Crippen LogP contribution < -0.4 is 0 Å². The van der Waals surface area contributed by atoms with Crippen molar-refractivity contribution in [3.8, 4) is 0 Å². The molecule has 0 fully saturated rings. The summed E-state index contributed by atoms with van der Waals surface area (Å²) in [5.74, 6) is 0. The van der Waals surface area contributed by atoms with Crippen LogP contribution in [0.4, 0.5) is 0 Å². The minimum atomic E-state index is 1.23. The van der Waals surface area contributed by atoms with E-state index in [-0.39, 0.29) is 0 Å². The first-order valence-electron chi connectivity index (χ1n) is 9.34. The number of thioether (sulfide) groups is 2. The van der Waals surface area contributed by atoms with Crippen molar-refractivity contribution in [1.82, 2.24) is 0 Å². The highest BCUT2D eigenvalue weighted by atomic mass is 32.2. The first-order valence-corrected chi connectivity index (χ1v) is 11.8. The van der Waals surface area contributed by atoms with Gasteiger partial charge in [0.25, 0.3) is 0 Å². The fourth-order valence-corrected chi connectivity index (χ4v) is 4.15. The SMILES string of the molecule is CSc1cc(/C=C/c2ccc(C)cc2)c(SC)cc1/C=C/c1ccc(C)cc1. The summed E-state index contributed by atoms with van der Waals surface area (Å²) in [4.78, 5) is 2.59. The Morgan fingerprint density at radius 3 is 1.21 bits per heavy atom. The molecular formula is C26H26S2. The summed E-state index contributed by atoms with van der Waals surface area (Å²) >= 11 is 3.59. The van der Waals surface area contributed by atoms with E-state index >= 15 is 0 Å². The number of benzene rings is 3.